The van der Waals surface area contributed by atoms with E-state index in [4.69, 9.17) is 0 Å². The first kappa shape index (κ1) is 21.7. The van der Waals surface area contributed by atoms with Crippen molar-refractivity contribution in [3.05, 3.63) is 60.7 Å². The number of carboxylic acids is 1. The minimum Gasteiger partial charge on any atom is -0.477 e. The lowest BCUT2D eigenvalue weighted by molar-refractivity contribution is -0.150. The molecule has 164 valence electrons. The minimum atomic E-state index is -1.20. The van der Waals surface area contributed by atoms with E-state index in [1.807, 2.05) is 29.0 Å². The van der Waals surface area contributed by atoms with Crippen LogP contribution in [0.15, 0.2) is 54.6 Å². The average molecular weight is 523 g/mol. The maximum atomic E-state index is 12.8. The standard InChI is InChI=1S/C20H14N2O5S5/c23-10-7-14(31-11-3-5-29-17(10)11)32-12-8-30-19-15(18(25)22(19)16(12)20(26)27)21-13(24)6-9-2-1-4-28-9/h1-5,7,15,19H,6,8H2,(H,21,24)(H,26,27)/t15?,19-/m0/s1. The number of hydrogen-bond donors (Lipinski definition) is 2. The van der Waals surface area contributed by atoms with Crippen molar-refractivity contribution in [2.45, 2.75) is 22.0 Å². The second kappa shape index (κ2) is 8.67. The van der Waals surface area contributed by atoms with Crippen LogP contribution in [-0.4, -0.2) is 45.0 Å². The van der Waals surface area contributed by atoms with Gasteiger partial charge in [-0.2, -0.15) is 0 Å². The van der Waals surface area contributed by atoms with Gasteiger partial charge in [0.2, 0.25) is 5.91 Å². The van der Waals surface area contributed by atoms with Crippen LogP contribution in [0.4, 0.5) is 0 Å². The number of carboxylic acid groups (broad SMARTS) is 1. The van der Waals surface area contributed by atoms with Gasteiger partial charge in [-0.1, -0.05) is 17.8 Å². The summed E-state index contributed by atoms with van der Waals surface area (Å²) >= 11 is 6.90. The Hall–Kier alpha value is -2.12. The van der Waals surface area contributed by atoms with Crippen molar-refractivity contribution in [1.29, 1.82) is 0 Å². The fourth-order valence-corrected chi connectivity index (χ4v) is 9.04. The molecule has 0 radical (unpaired) electrons. The molecule has 0 saturated carbocycles. The highest BCUT2D eigenvalue weighted by Gasteiger charge is 2.54. The predicted octanol–water partition coefficient (Wildman–Crippen LogP) is 3.42. The van der Waals surface area contributed by atoms with E-state index in [0.29, 0.717) is 19.6 Å². The number of carbonyl (C=O) groups excluding carboxylic acids is 2. The molecule has 7 nitrogen and oxygen atoms in total. The SMILES string of the molecule is O=C(Cc1cccs1)NC1C(=O)N2C(C(=O)O)=C(Sc3cc(=O)c4sccc4s3)CS[C@@H]12. The summed E-state index contributed by atoms with van der Waals surface area (Å²) in [5, 5.41) is 15.9. The Labute approximate surface area is 202 Å². The summed E-state index contributed by atoms with van der Waals surface area (Å²) in [4.78, 5) is 52.1. The lowest BCUT2D eigenvalue weighted by atomic mass is 10.0. The van der Waals surface area contributed by atoms with Crippen molar-refractivity contribution in [2.75, 3.05) is 5.75 Å². The molecule has 1 unspecified atom stereocenters. The van der Waals surface area contributed by atoms with Gasteiger partial charge in [-0.25, -0.2) is 4.79 Å². The van der Waals surface area contributed by atoms with Crippen molar-refractivity contribution >= 4 is 84.7 Å². The molecule has 2 aliphatic heterocycles. The van der Waals surface area contributed by atoms with E-state index in [-0.39, 0.29) is 23.5 Å². The molecule has 32 heavy (non-hydrogen) atoms. The molecule has 0 spiro atoms. The fourth-order valence-electron chi connectivity index (χ4n) is 3.50. The monoisotopic (exact) mass is 522 g/mol. The predicted molar refractivity (Wildman–Crippen MR) is 130 cm³/mol. The number of amides is 2. The quantitative estimate of drug-likeness (QED) is 0.478. The van der Waals surface area contributed by atoms with E-state index >= 15 is 0 Å². The molecular formula is C20H14N2O5S5. The van der Waals surface area contributed by atoms with Gasteiger partial charge in [0, 0.05) is 21.6 Å². The van der Waals surface area contributed by atoms with Crippen molar-refractivity contribution in [1.82, 2.24) is 10.2 Å². The molecule has 12 heteroatoms. The van der Waals surface area contributed by atoms with Crippen LogP contribution in [0, 0.1) is 0 Å². The van der Waals surface area contributed by atoms with Gasteiger partial charge in [-0.3, -0.25) is 19.3 Å². The lowest BCUT2D eigenvalue weighted by Gasteiger charge is -2.49. The number of nitrogens with one attached hydrogen (secondary N) is 1. The first-order chi connectivity index (χ1) is 15.4. The molecule has 3 aromatic rings. The summed E-state index contributed by atoms with van der Waals surface area (Å²) in [5.41, 5.74) is -0.166. The van der Waals surface area contributed by atoms with Gasteiger partial charge in [0.05, 0.1) is 20.0 Å². The zero-order chi connectivity index (χ0) is 22.4. The van der Waals surface area contributed by atoms with Crippen molar-refractivity contribution < 1.29 is 19.5 Å². The summed E-state index contributed by atoms with van der Waals surface area (Å²) in [7, 11) is 0. The molecular weight excluding hydrogens is 509 g/mol. The van der Waals surface area contributed by atoms with E-state index in [0.717, 1.165) is 9.58 Å². The number of rotatable bonds is 6. The molecule has 2 aliphatic rings. The van der Waals surface area contributed by atoms with Crippen LogP contribution in [0.2, 0.25) is 0 Å². The topological polar surface area (TPSA) is 104 Å². The second-order valence-electron chi connectivity index (χ2n) is 6.93. The molecule has 3 aromatic heterocycles. The summed E-state index contributed by atoms with van der Waals surface area (Å²) in [6.45, 7) is 0. The number of fused-ring (bicyclic) bond motifs is 2. The number of hydrogen-bond acceptors (Lipinski definition) is 9. The number of aliphatic carboxylic acids is 1. The number of thioether (sulfide) groups is 2. The smallest absolute Gasteiger partial charge is 0.353 e. The number of β-lactam (4-membered cyclic amide) rings is 1. The number of thiophene rings is 2. The molecule has 5 heterocycles. The highest BCUT2D eigenvalue weighted by Crippen LogP contribution is 2.46. The Morgan fingerprint density at radius 3 is 2.81 bits per heavy atom. The summed E-state index contributed by atoms with van der Waals surface area (Å²) in [5.74, 6) is -1.52. The van der Waals surface area contributed by atoms with E-state index < -0.39 is 23.3 Å². The molecule has 0 aromatic carbocycles. The average Bonchev–Trinajstić information content (AvgIpc) is 3.43. The molecule has 1 saturated heterocycles. The van der Waals surface area contributed by atoms with E-state index in [2.05, 4.69) is 5.32 Å². The largest absolute Gasteiger partial charge is 0.477 e. The van der Waals surface area contributed by atoms with Gasteiger partial charge in [0.15, 0.2) is 5.43 Å². The van der Waals surface area contributed by atoms with Gasteiger partial charge in [0.1, 0.15) is 17.1 Å². The Morgan fingerprint density at radius 2 is 2.06 bits per heavy atom. The van der Waals surface area contributed by atoms with Gasteiger partial charge in [0.25, 0.3) is 5.91 Å². The number of nitrogens with zero attached hydrogens (tertiary/aromatic N) is 1. The normalized spacial score (nSPS) is 20.2. The Kier molecular flexibility index (Phi) is 5.88. The van der Waals surface area contributed by atoms with E-state index in [1.54, 1.807) is 0 Å². The molecule has 2 amide bonds. The van der Waals surface area contributed by atoms with Gasteiger partial charge in [-0.05, 0) is 22.9 Å². The van der Waals surface area contributed by atoms with Crippen LogP contribution in [0.3, 0.4) is 0 Å². The molecule has 2 atom stereocenters. The minimum absolute atomic E-state index is 0.0717. The van der Waals surface area contributed by atoms with Crippen molar-refractivity contribution in [3.8, 4) is 0 Å². The maximum Gasteiger partial charge on any atom is 0.353 e. The Morgan fingerprint density at radius 1 is 1.22 bits per heavy atom. The second-order valence-corrected chi connectivity index (χ2v) is 12.5. The Balaban J connectivity index is 1.36. The lowest BCUT2D eigenvalue weighted by Crippen LogP contribution is -2.70. The molecule has 0 aliphatic carbocycles. The maximum absolute atomic E-state index is 12.8. The van der Waals surface area contributed by atoms with Crippen molar-refractivity contribution in [2.24, 2.45) is 0 Å². The van der Waals surface area contributed by atoms with Crippen LogP contribution in [0.1, 0.15) is 4.88 Å². The highest BCUT2D eigenvalue weighted by atomic mass is 32.2. The van der Waals surface area contributed by atoms with Crippen LogP contribution in [0.5, 0.6) is 0 Å². The zero-order valence-corrected chi connectivity index (χ0v) is 20.2. The third kappa shape index (κ3) is 3.90. The van der Waals surface area contributed by atoms with Crippen LogP contribution in [-0.2, 0) is 20.8 Å². The molecule has 1 fully saturated rings. The third-order valence-electron chi connectivity index (χ3n) is 4.90. The van der Waals surface area contributed by atoms with Gasteiger partial charge < -0.3 is 10.4 Å². The van der Waals surface area contributed by atoms with E-state index in [9.17, 15) is 24.3 Å². The third-order valence-corrected chi connectivity index (χ3v) is 10.6. The van der Waals surface area contributed by atoms with Crippen LogP contribution in [0.25, 0.3) is 9.40 Å². The highest BCUT2D eigenvalue weighted by molar-refractivity contribution is 8.07. The number of carbonyl (C=O) groups is 3. The van der Waals surface area contributed by atoms with Crippen molar-refractivity contribution in [3.63, 3.8) is 0 Å². The summed E-state index contributed by atoms with van der Waals surface area (Å²) in [6.07, 6.45) is 0.186. The first-order valence-corrected chi connectivity index (χ1v) is 13.8. The summed E-state index contributed by atoms with van der Waals surface area (Å²) in [6, 6.07) is 6.35. The molecule has 5 rings (SSSR count). The summed E-state index contributed by atoms with van der Waals surface area (Å²) < 4.78 is 2.23. The van der Waals surface area contributed by atoms with E-state index in [1.165, 1.54) is 68.5 Å². The van der Waals surface area contributed by atoms with Crippen LogP contribution < -0.4 is 10.7 Å². The molecule has 2 N–H and O–H groups in total. The first-order valence-electron chi connectivity index (χ1n) is 9.34. The zero-order valence-electron chi connectivity index (χ0n) is 16.1. The van der Waals surface area contributed by atoms with Gasteiger partial charge >= 0.3 is 5.97 Å². The fraction of sp³-hybridized carbons (Fsp3) is 0.200. The van der Waals surface area contributed by atoms with Gasteiger partial charge in [-0.15, -0.1) is 45.8 Å². The molecule has 0 bridgehead atoms. The Bertz CT molecular complexity index is 1330. The van der Waals surface area contributed by atoms with Crippen LogP contribution >= 0.6 is 57.5 Å².